The molecule has 1 N–H and O–H groups in total. The third-order valence-corrected chi connectivity index (χ3v) is 5.84. The van der Waals surface area contributed by atoms with Gasteiger partial charge in [-0.15, -0.1) is 0 Å². The van der Waals surface area contributed by atoms with Crippen molar-refractivity contribution in [2.45, 2.75) is 19.8 Å². The number of aromatic nitrogens is 2. The van der Waals surface area contributed by atoms with Gasteiger partial charge >= 0.3 is 0 Å². The summed E-state index contributed by atoms with van der Waals surface area (Å²) in [6, 6.07) is 14.3. The van der Waals surface area contributed by atoms with Crippen molar-refractivity contribution < 1.29 is 14.0 Å². The summed E-state index contributed by atoms with van der Waals surface area (Å²) < 4.78 is 14.1. The van der Waals surface area contributed by atoms with E-state index in [9.17, 15) is 14.0 Å². The first kappa shape index (κ1) is 21.7. The lowest BCUT2D eigenvalue weighted by atomic mass is 9.95. The molecule has 166 valence electrons. The number of carbonyl (C=O) groups excluding carboxylic acids is 2. The van der Waals surface area contributed by atoms with Gasteiger partial charge in [0.1, 0.15) is 5.82 Å². The average Bonchev–Trinajstić information content (AvgIpc) is 3.30. The summed E-state index contributed by atoms with van der Waals surface area (Å²) in [6.07, 6.45) is 4.54. The molecule has 0 aliphatic carbocycles. The quantitative estimate of drug-likeness (QED) is 0.642. The molecule has 0 unspecified atom stereocenters. The number of halogens is 1. The smallest absolute Gasteiger partial charge is 0.289 e. The Kier molecular flexibility index (Phi) is 6.63. The number of benzene rings is 2. The Morgan fingerprint density at radius 3 is 2.62 bits per heavy atom. The normalized spacial score (nSPS) is 16.8. The second-order valence-corrected chi connectivity index (χ2v) is 8.09. The molecule has 3 aromatic rings. The van der Waals surface area contributed by atoms with Crippen LogP contribution < -0.4 is 0 Å². The molecule has 2 aromatic carbocycles. The van der Waals surface area contributed by atoms with Crippen LogP contribution in [0.1, 0.15) is 29.5 Å². The first-order chi connectivity index (χ1) is 15.6. The number of hydrogen-bond acceptors (Lipinski definition) is 3. The van der Waals surface area contributed by atoms with E-state index in [1.54, 1.807) is 29.4 Å². The average molecular weight is 435 g/mol. The maximum absolute atomic E-state index is 14.1. The van der Waals surface area contributed by atoms with E-state index in [0.29, 0.717) is 38.2 Å². The van der Waals surface area contributed by atoms with Crippen molar-refractivity contribution in [2.24, 2.45) is 5.92 Å². The van der Waals surface area contributed by atoms with Gasteiger partial charge in [-0.05, 0) is 30.0 Å². The Morgan fingerprint density at radius 1 is 1.16 bits per heavy atom. The van der Waals surface area contributed by atoms with Gasteiger partial charge in [0.15, 0.2) is 5.82 Å². The summed E-state index contributed by atoms with van der Waals surface area (Å²) >= 11 is 0. The lowest BCUT2D eigenvalue weighted by Crippen LogP contribution is -2.38. The molecule has 32 heavy (non-hydrogen) atoms. The van der Waals surface area contributed by atoms with Crippen LogP contribution in [0.3, 0.4) is 0 Å². The fraction of sp³-hybridized carbons (Fsp3) is 0.320. The van der Waals surface area contributed by atoms with Crippen molar-refractivity contribution in [2.75, 3.05) is 26.2 Å². The van der Waals surface area contributed by atoms with Crippen molar-refractivity contribution in [3.63, 3.8) is 0 Å². The molecule has 7 heteroatoms. The van der Waals surface area contributed by atoms with Crippen LogP contribution in [-0.2, 0) is 11.2 Å². The Labute approximate surface area is 187 Å². The molecule has 2 amide bonds. The number of carbonyl (C=O) groups is 2. The minimum atomic E-state index is -0.345. The van der Waals surface area contributed by atoms with Gasteiger partial charge in [-0.2, -0.15) is 0 Å². The van der Waals surface area contributed by atoms with E-state index >= 15 is 0 Å². The van der Waals surface area contributed by atoms with Crippen molar-refractivity contribution in [3.8, 4) is 11.1 Å². The fourth-order valence-electron chi connectivity index (χ4n) is 4.21. The van der Waals surface area contributed by atoms with Crippen LogP contribution >= 0.6 is 0 Å². The van der Waals surface area contributed by atoms with Crippen molar-refractivity contribution in [1.82, 2.24) is 19.8 Å². The van der Waals surface area contributed by atoms with E-state index in [4.69, 9.17) is 0 Å². The largest absolute Gasteiger partial charge is 0.341 e. The fourth-order valence-corrected chi connectivity index (χ4v) is 4.21. The van der Waals surface area contributed by atoms with Gasteiger partial charge in [0, 0.05) is 44.1 Å². The Morgan fingerprint density at radius 2 is 1.94 bits per heavy atom. The topological polar surface area (TPSA) is 69.3 Å². The highest BCUT2D eigenvalue weighted by atomic mass is 19.1. The first-order valence-electron chi connectivity index (χ1n) is 11.0. The predicted octanol–water partition coefficient (Wildman–Crippen LogP) is 3.77. The number of imidazole rings is 1. The maximum Gasteiger partial charge on any atom is 0.289 e. The van der Waals surface area contributed by atoms with Gasteiger partial charge in [0.05, 0.1) is 5.92 Å². The monoisotopic (exact) mass is 434 g/mol. The standard InChI is InChI=1S/C25H27FN4O2/c1-2-13-29-14-15-30(25(32)23-27-11-12-28-23)17-20(24(29)31)16-18-7-9-19(10-8-18)21-5-3-4-6-22(21)26/h3-12,20H,2,13-17H2,1H3,(H,27,28)/t20-/m1/s1. The van der Waals surface area contributed by atoms with Crippen molar-refractivity contribution >= 4 is 11.8 Å². The number of rotatable bonds is 6. The molecule has 0 radical (unpaired) electrons. The van der Waals surface area contributed by atoms with E-state index in [0.717, 1.165) is 17.5 Å². The zero-order valence-corrected chi connectivity index (χ0v) is 18.1. The van der Waals surface area contributed by atoms with Crippen LogP contribution in [0, 0.1) is 11.7 Å². The summed E-state index contributed by atoms with van der Waals surface area (Å²) in [4.78, 5) is 36.6. The van der Waals surface area contributed by atoms with Gasteiger partial charge in [-0.3, -0.25) is 9.59 Å². The third kappa shape index (κ3) is 4.72. The summed E-state index contributed by atoms with van der Waals surface area (Å²) in [5.74, 6) is -0.445. The summed E-state index contributed by atoms with van der Waals surface area (Å²) in [6.45, 7) is 4.05. The Balaban J connectivity index is 1.54. The van der Waals surface area contributed by atoms with E-state index in [-0.39, 0.29) is 29.4 Å². The van der Waals surface area contributed by atoms with Crippen LogP contribution in [0.4, 0.5) is 4.39 Å². The maximum atomic E-state index is 14.1. The summed E-state index contributed by atoms with van der Waals surface area (Å²) in [7, 11) is 0. The van der Waals surface area contributed by atoms with Gasteiger partial charge in [-0.1, -0.05) is 49.4 Å². The van der Waals surface area contributed by atoms with Gasteiger partial charge in [-0.25, -0.2) is 9.37 Å². The molecule has 2 heterocycles. The molecular formula is C25H27FN4O2. The van der Waals surface area contributed by atoms with Crippen LogP contribution in [0.5, 0.6) is 0 Å². The number of H-pyrrole nitrogens is 1. The van der Waals surface area contributed by atoms with Crippen LogP contribution in [0.25, 0.3) is 11.1 Å². The van der Waals surface area contributed by atoms with Crippen molar-refractivity contribution in [3.05, 3.63) is 78.1 Å². The van der Waals surface area contributed by atoms with E-state index in [1.807, 2.05) is 42.2 Å². The number of nitrogens with zero attached hydrogens (tertiary/aromatic N) is 3. The van der Waals surface area contributed by atoms with Crippen molar-refractivity contribution in [1.29, 1.82) is 0 Å². The number of aromatic amines is 1. The zero-order chi connectivity index (χ0) is 22.5. The number of amides is 2. The molecule has 1 atom stereocenters. The first-order valence-corrected chi connectivity index (χ1v) is 11.0. The van der Waals surface area contributed by atoms with Crippen LogP contribution in [-0.4, -0.2) is 57.8 Å². The molecule has 1 aliphatic heterocycles. The highest BCUT2D eigenvalue weighted by Crippen LogP contribution is 2.24. The molecule has 1 fully saturated rings. The van der Waals surface area contributed by atoms with E-state index < -0.39 is 0 Å². The number of hydrogen-bond donors (Lipinski definition) is 1. The molecular weight excluding hydrogens is 407 g/mol. The van der Waals surface area contributed by atoms with Gasteiger partial charge in [0.25, 0.3) is 5.91 Å². The number of nitrogens with one attached hydrogen (secondary N) is 1. The molecule has 0 spiro atoms. The zero-order valence-electron chi connectivity index (χ0n) is 18.1. The third-order valence-electron chi connectivity index (χ3n) is 5.84. The molecule has 0 saturated carbocycles. The minimum Gasteiger partial charge on any atom is -0.341 e. The van der Waals surface area contributed by atoms with E-state index in [1.165, 1.54) is 6.07 Å². The molecule has 0 bridgehead atoms. The van der Waals surface area contributed by atoms with Crippen LogP contribution in [0.15, 0.2) is 60.9 Å². The molecule has 4 rings (SSSR count). The lowest BCUT2D eigenvalue weighted by molar-refractivity contribution is -0.134. The molecule has 1 aromatic heterocycles. The Hall–Kier alpha value is -3.48. The van der Waals surface area contributed by atoms with Gasteiger partial charge in [0.2, 0.25) is 5.91 Å². The van der Waals surface area contributed by atoms with Gasteiger partial charge < -0.3 is 14.8 Å². The van der Waals surface area contributed by atoms with E-state index in [2.05, 4.69) is 9.97 Å². The minimum absolute atomic E-state index is 0.0692. The lowest BCUT2D eigenvalue weighted by Gasteiger charge is -2.23. The molecule has 6 nitrogen and oxygen atoms in total. The SMILES string of the molecule is CCCN1CCN(C(=O)c2ncc[nH]2)C[C@@H](Cc2ccc(-c3ccccc3F)cc2)C1=O. The second kappa shape index (κ2) is 9.77. The molecule has 1 aliphatic rings. The van der Waals surface area contributed by atoms with Crippen LogP contribution in [0.2, 0.25) is 0 Å². The molecule has 1 saturated heterocycles. The highest BCUT2D eigenvalue weighted by molar-refractivity contribution is 5.91. The predicted molar refractivity (Wildman–Crippen MR) is 120 cm³/mol. The summed E-state index contributed by atoms with van der Waals surface area (Å²) in [5, 5.41) is 0. The highest BCUT2D eigenvalue weighted by Gasteiger charge is 2.33. The Bertz CT molecular complexity index is 1070. The second-order valence-electron chi connectivity index (χ2n) is 8.09. The summed E-state index contributed by atoms with van der Waals surface area (Å²) in [5.41, 5.74) is 2.32.